The monoisotopic (exact) mass is 1000 g/mol. The summed E-state index contributed by atoms with van der Waals surface area (Å²) in [4.78, 5) is 27.5. The quantitative estimate of drug-likeness (QED) is 0.0341. The van der Waals surface area contributed by atoms with Crippen LogP contribution in [0.25, 0.3) is 33.0 Å². The Morgan fingerprint density at radius 1 is 0.639 bits per heavy atom. The lowest BCUT2D eigenvalue weighted by Gasteiger charge is -2.37. The lowest BCUT2D eigenvalue weighted by atomic mass is 9.74. The van der Waals surface area contributed by atoms with Crippen molar-refractivity contribution in [3.05, 3.63) is 77.4 Å². The van der Waals surface area contributed by atoms with Crippen LogP contribution in [-0.2, 0) is 58.5 Å². The van der Waals surface area contributed by atoms with Crippen molar-refractivity contribution in [3.63, 3.8) is 0 Å². The first-order valence-electron chi connectivity index (χ1n) is 24.8. The van der Waals surface area contributed by atoms with E-state index in [-0.39, 0.29) is 65.9 Å². The molecule has 394 valence electrons. The number of methoxy groups -OCH3 is 1. The number of hydrogen-bond donors (Lipinski definition) is 2. The van der Waals surface area contributed by atoms with E-state index in [9.17, 15) is 14.7 Å². The van der Waals surface area contributed by atoms with E-state index < -0.39 is 41.5 Å². The molecule has 2 N–H and O–H groups in total. The highest BCUT2D eigenvalue weighted by Gasteiger charge is 2.52. The molecule has 0 saturated carbocycles. The molecule has 0 aliphatic carbocycles. The number of hydrogen-bond acceptors (Lipinski definition) is 16. The molecule has 4 aromatic carbocycles. The van der Waals surface area contributed by atoms with Gasteiger partial charge in [0.1, 0.15) is 17.9 Å². The third-order valence-electron chi connectivity index (χ3n) is 13.0. The van der Waals surface area contributed by atoms with Gasteiger partial charge in [0.15, 0.2) is 0 Å². The van der Waals surface area contributed by atoms with E-state index in [4.69, 9.17) is 61.7 Å². The Bertz CT molecular complexity index is 2360. The van der Waals surface area contributed by atoms with Crippen molar-refractivity contribution >= 4 is 48.2 Å². The molecule has 18 heteroatoms. The number of ether oxygens (including phenoxy) is 9. The third kappa shape index (κ3) is 15.8. The molecule has 5 rings (SSSR count). The van der Waals surface area contributed by atoms with Gasteiger partial charge >= 0.3 is 26.5 Å². The maximum atomic E-state index is 13.8. The van der Waals surface area contributed by atoms with Crippen LogP contribution >= 0.6 is 0 Å². The molecule has 0 aromatic heterocycles. The maximum absolute atomic E-state index is 13.8. The minimum absolute atomic E-state index is 0.0535. The van der Waals surface area contributed by atoms with Crippen molar-refractivity contribution in [2.24, 2.45) is 0 Å². The van der Waals surface area contributed by atoms with Gasteiger partial charge in [-0.1, -0.05) is 47.9 Å². The molecule has 1 aliphatic heterocycles. The van der Waals surface area contributed by atoms with E-state index in [2.05, 4.69) is 0 Å². The first-order valence-corrected chi connectivity index (χ1v) is 24.8. The second-order valence-electron chi connectivity index (χ2n) is 19.3. The Labute approximate surface area is 426 Å². The molecule has 1 saturated heterocycles. The Morgan fingerprint density at radius 3 is 1.74 bits per heavy atom. The zero-order valence-electron chi connectivity index (χ0n) is 44.3. The molecular weight excluding hydrogens is 926 g/mol. The topological polar surface area (TPSA) is 185 Å². The predicted octanol–water partition coefficient (Wildman–Crippen LogP) is 5.97. The molecule has 1 fully saturated rings. The predicted molar refractivity (Wildman–Crippen MR) is 278 cm³/mol. The van der Waals surface area contributed by atoms with Crippen LogP contribution in [0.15, 0.2) is 60.7 Å². The number of aliphatic hydroxyl groups excluding tert-OH is 1. The van der Waals surface area contributed by atoms with Gasteiger partial charge in [-0.05, 0) is 131 Å². The Kier molecular flexibility index (Phi) is 22.1. The highest BCUT2D eigenvalue weighted by Crippen LogP contribution is 2.40. The normalized spacial score (nSPS) is 14.5. The average Bonchev–Trinajstić information content (AvgIpc) is 3.56. The molecule has 0 spiro atoms. The van der Waals surface area contributed by atoms with Crippen LogP contribution in [0.2, 0.25) is 0 Å². The van der Waals surface area contributed by atoms with E-state index in [1.165, 1.54) is 0 Å². The van der Waals surface area contributed by atoms with Crippen molar-refractivity contribution in [2.75, 3.05) is 99.6 Å². The molecular formula is C54H76B2O16. The fourth-order valence-electron chi connectivity index (χ4n) is 7.48. The number of rotatable bonds is 31. The summed E-state index contributed by atoms with van der Waals surface area (Å²) in [5, 5.41) is 21.6. The average molecular weight is 1000 g/mol. The van der Waals surface area contributed by atoms with Crippen LogP contribution in [0, 0.1) is 0 Å². The van der Waals surface area contributed by atoms with Crippen molar-refractivity contribution < 1.29 is 76.4 Å². The first-order chi connectivity index (χ1) is 34.3. The van der Waals surface area contributed by atoms with Gasteiger partial charge in [-0.3, -0.25) is 0 Å². The summed E-state index contributed by atoms with van der Waals surface area (Å²) in [6.45, 7) is 22.7. The lowest BCUT2D eigenvalue weighted by Crippen LogP contribution is -2.49. The molecule has 1 aliphatic rings. The van der Waals surface area contributed by atoms with Crippen LogP contribution in [0.4, 0.5) is 0 Å². The number of carbonyl (C=O) groups excluding carboxylic acids is 2. The summed E-state index contributed by atoms with van der Waals surface area (Å²) in [5.41, 5.74) is 2.15. The van der Waals surface area contributed by atoms with E-state index in [0.717, 1.165) is 32.8 Å². The minimum atomic E-state index is -1.18. The highest BCUT2D eigenvalue weighted by atomic mass is 16.7. The molecule has 0 atom stereocenters. The van der Waals surface area contributed by atoms with Crippen molar-refractivity contribution in [3.8, 4) is 28.0 Å². The van der Waals surface area contributed by atoms with Gasteiger partial charge in [-0.25, -0.2) is 9.59 Å². The molecule has 0 amide bonds. The van der Waals surface area contributed by atoms with Crippen LogP contribution < -0.4 is 15.7 Å². The molecule has 0 radical (unpaired) electrons. The van der Waals surface area contributed by atoms with E-state index in [0.29, 0.717) is 74.3 Å². The van der Waals surface area contributed by atoms with Crippen LogP contribution in [0.1, 0.15) is 95.5 Å². The zero-order valence-corrected chi connectivity index (χ0v) is 44.3. The van der Waals surface area contributed by atoms with Gasteiger partial charge in [0.05, 0.1) is 120 Å². The fourth-order valence-corrected chi connectivity index (χ4v) is 7.48. The fraction of sp³-hybridized carbons (Fsp3) is 0.556. The molecule has 0 unspecified atom stereocenters. The number of benzene rings is 4. The molecule has 4 aromatic rings. The van der Waals surface area contributed by atoms with E-state index in [1.807, 2.05) is 90.1 Å². The molecule has 0 bridgehead atoms. The van der Waals surface area contributed by atoms with Gasteiger partial charge < -0.3 is 66.8 Å². The van der Waals surface area contributed by atoms with Crippen molar-refractivity contribution in [1.82, 2.24) is 0 Å². The molecule has 16 nitrogen and oxygen atoms in total. The standard InChI is InChI=1S/C54H76B2O16/c1-12-67-49(58)44-30-37(14-15-39(44)36-66-27-26-64-23-22-62-19-18-57)43-34-41(56-71-53(7,8)54(9,10)72-56)35-46-42(32-40(33-45(43)46)55-70-52(5,6)51(3,4)60)38-16-17-48(47(31-38)50(59)68-13-2)69-29-28-65-25-24-63-21-20-61-11/h14-17,30-35,55,57,60H,12-13,18-29,36H2,1-11H3. The van der Waals surface area contributed by atoms with Crippen LogP contribution in [-0.4, -0.2) is 159 Å². The lowest BCUT2D eigenvalue weighted by molar-refractivity contribution is -0.0893. The van der Waals surface area contributed by atoms with Crippen LogP contribution in [0.5, 0.6) is 5.75 Å². The number of aliphatic hydroxyl groups is 2. The number of esters is 2. The minimum Gasteiger partial charge on any atom is -0.490 e. The van der Waals surface area contributed by atoms with Gasteiger partial charge in [0, 0.05) is 7.11 Å². The van der Waals surface area contributed by atoms with Crippen molar-refractivity contribution in [1.29, 1.82) is 0 Å². The Balaban J connectivity index is 1.66. The molecule has 72 heavy (non-hydrogen) atoms. The Hall–Kier alpha value is -4.43. The maximum Gasteiger partial charge on any atom is 0.494 e. The van der Waals surface area contributed by atoms with Gasteiger partial charge in [0.2, 0.25) is 0 Å². The third-order valence-corrected chi connectivity index (χ3v) is 13.0. The number of fused-ring (bicyclic) bond motifs is 1. The SMILES string of the molecule is CCOC(=O)c1cc(-c2cc(B3OC(C)(C)C(C)(C)O3)cc3c(-c4ccc(OCCOCCOCCOC)c(C(=O)OCC)c4)cc(BOC(C)(C)C(C)(C)O)cc23)ccc1COCCOCCOCCO. The molecule has 1 heterocycles. The van der Waals surface area contributed by atoms with Crippen molar-refractivity contribution in [2.45, 2.75) is 98.2 Å². The summed E-state index contributed by atoms with van der Waals surface area (Å²) in [5.74, 6) is -0.723. The second-order valence-corrected chi connectivity index (χ2v) is 19.3. The smallest absolute Gasteiger partial charge is 0.490 e. The summed E-state index contributed by atoms with van der Waals surface area (Å²) < 4.78 is 70.2. The summed E-state index contributed by atoms with van der Waals surface area (Å²) in [7, 11) is 0.962. The van der Waals surface area contributed by atoms with Gasteiger partial charge in [-0.15, -0.1) is 0 Å². The summed E-state index contributed by atoms with van der Waals surface area (Å²) >= 11 is 0. The van der Waals surface area contributed by atoms with E-state index >= 15 is 0 Å². The van der Waals surface area contributed by atoms with Crippen LogP contribution in [0.3, 0.4) is 0 Å². The van der Waals surface area contributed by atoms with E-state index in [1.54, 1.807) is 46.9 Å². The highest BCUT2D eigenvalue weighted by molar-refractivity contribution is 6.62. The Morgan fingerprint density at radius 2 is 1.15 bits per heavy atom. The second kappa shape index (κ2) is 27.2. The first kappa shape index (κ1) is 58.5. The summed E-state index contributed by atoms with van der Waals surface area (Å²) in [6, 6.07) is 19.2. The largest absolute Gasteiger partial charge is 0.494 e. The van der Waals surface area contributed by atoms with Gasteiger partial charge in [0.25, 0.3) is 0 Å². The summed E-state index contributed by atoms with van der Waals surface area (Å²) in [6.07, 6.45) is 0. The zero-order chi connectivity index (χ0) is 52.5. The van der Waals surface area contributed by atoms with Gasteiger partial charge in [-0.2, -0.15) is 0 Å². The number of carbonyl (C=O) groups is 2.